The number of nitrogens with one attached hydrogen (secondary N) is 1. The summed E-state index contributed by atoms with van der Waals surface area (Å²) < 4.78 is 6.22. The summed E-state index contributed by atoms with van der Waals surface area (Å²) in [6, 6.07) is 7.95. The summed E-state index contributed by atoms with van der Waals surface area (Å²) in [6.07, 6.45) is 4.77. The van der Waals surface area contributed by atoms with E-state index in [9.17, 15) is 9.59 Å². The molecule has 124 valence electrons. The van der Waals surface area contributed by atoms with Crippen molar-refractivity contribution in [1.82, 2.24) is 4.90 Å². The predicted octanol–water partition coefficient (Wildman–Crippen LogP) is 1.64. The molecule has 0 radical (unpaired) electrons. The van der Waals surface area contributed by atoms with Crippen LogP contribution in [0.3, 0.4) is 0 Å². The topological polar surface area (TPSA) is 58.6 Å². The molecule has 2 fully saturated rings. The van der Waals surface area contributed by atoms with E-state index in [-0.39, 0.29) is 23.8 Å². The van der Waals surface area contributed by atoms with Gasteiger partial charge in [-0.25, -0.2) is 0 Å². The van der Waals surface area contributed by atoms with E-state index in [2.05, 4.69) is 16.3 Å². The van der Waals surface area contributed by atoms with Crippen LogP contribution in [-0.4, -0.2) is 47.4 Å². The molecule has 24 heavy (non-hydrogen) atoms. The first-order chi connectivity index (χ1) is 11.5. The summed E-state index contributed by atoms with van der Waals surface area (Å²) in [5.41, 5.74) is 0.997. The van der Waals surface area contributed by atoms with Crippen molar-refractivity contribution < 1.29 is 14.3 Å². The van der Waals surface area contributed by atoms with Gasteiger partial charge in [-0.05, 0) is 37.1 Å². The van der Waals surface area contributed by atoms with E-state index in [1.807, 2.05) is 31.2 Å². The van der Waals surface area contributed by atoms with Gasteiger partial charge in [0.15, 0.2) is 5.78 Å². The summed E-state index contributed by atoms with van der Waals surface area (Å²) in [4.78, 5) is 27.3. The Balaban J connectivity index is 1.59. The Morgan fingerprint density at radius 1 is 1.25 bits per heavy atom. The van der Waals surface area contributed by atoms with Crippen LogP contribution in [0.15, 0.2) is 36.4 Å². The molecule has 3 heterocycles. The number of allylic oxidation sites excluding steroid dienone is 1. The van der Waals surface area contributed by atoms with Gasteiger partial charge in [0.1, 0.15) is 0 Å². The van der Waals surface area contributed by atoms with Crippen LogP contribution in [0.25, 0.3) is 0 Å². The third-order valence-electron chi connectivity index (χ3n) is 6.40. The summed E-state index contributed by atoms with van der Waals surface area (Å²) in [7, 11) is 0. The number of carbonyl (C=O) groups is 2. The SMILES string of the molecule is C[C@]12C=CC(=O)C[C@H]1N1CC[C@@]3(C(=O)Nc4ccccc43)[C@H]1CO2. The molecular formula is C19H20N2O3. The summed E-state index contributed by atoms with van der Waals surface area (Å²) >= 11 is 0. The second-order valence-electron chi connectivity index (χ2n) is 7.49. The number of hydrogen-bond donors (Lipinski definition) is 1. The predicted molar refractivity (Wildman–Crippen MR) is 88.8 cm³/mol. The minimum Gasteiger partial charge on any atom is -0.368 e. The zero-order valence-corrected chi connectivity index (χ0v) is 13.6. The van der Waals surface area contributed by atoms with Crippen LogP contribution in [-0.2, 0) is 19.7 Å². The highest BCUT2D eigenvalue weighted by molar-refractivity contribution is 6.07. The fourth-order valence-electron chi connectivity index (χ4n) is 5.12. The van der Waals surface area contributed by atoms with Crippen LogP contribution in [0.2, 0.25) is 0 Å². The highest BCUT2D eigenvalue weighted by Gasteiger charge is 2.62. The van der Waals surface area contributed by atoms with Gasteiger partial charge >= 0.3 is 0 Å². The highest BCUT2D eigenvalue weighted by Crippen LogP contribution is 2.52. The second kappa shape index (κ2) is 4.55. The van der Waals surface area contributed by atoms with E-state index in [1.54, 1.807) is 6.08 Å². The van der Waals surface area contributed by atoms with Crippen molar-refractivity contribution in [3.8, 4) is 0 Å². The van der Waals surface area contributed by atoms with Crippen LogP contribution in [0.5, 0.6) is 0 Å². The average Bonchev–Trinajstić information content (AvgIpc) is 3.09. The van der Waals surface area contributed by atoms with Gasteiger partial charge in [-0.3, -0.25) is 14.5 Å². The van der Waals surface area contributed by atoms with Gasteiger partial charge in [0.05, 0.1) is 23.7 Å². The summed E-state index contributed by atoms with van der Waals surface area (Å²) in [5, 5.41) is 3.05. The molecule has 1 aromatic rings. The Morgan fingerprint density at radius 3 is 2.96 bits per heavy atom. The number of carbonyl (C=O) groups excluding carboxylic acids is 2. The molecule has 1 spiro atoms. The molecule has 4 atom stereocenters. The minimum atomic E-state index is -0.553. The Kier molecular flexibility index (Phi) is 2.73. The van der Waals surface area contributed by atoms with Crippen LogP contribution < -0.4 is 5.32 Å². The lowest BCUT2D eigenvalue weighted by molar-refractivity contribution is -0.151. The molecular weight excluding hydrogens is 304 g/mol. The Labute approximate surface area is 140 Å². The number of hydrogen-bond acceptors (Lipinski definition) is 4. The number of rotatable bonds is 0. The Hall–Kier alpha value is -1.98. The zero-order valence-electron chi connectivity index (χ0n) is 13.6. The van der Waals surface area contributed by atoms with Gasteiger partial charge in [-0.15, -0.1) is 0 Å². The maximum absolute atomic E-state index is 12.9. The van der Waals surface area contributed by atoms with Gasteiger partial charge in [0, 0.05) is 24.7 Å². The molecule has 5 nitrogen and oxygen atoms in total. The van der Waals surface area contributed by atoms with Gasteiger partial charge in [-0.1, -0.05) is 18.2 Å². The van der Waals surface area contributed by atoms with Crippen molar-refractivity contribution >= 4 is 17.4 Å². The molecule has 1 aromatic carbocycles. The zero-order chi connectivity index (χ0) is 16.5. The number of morpholine rings is 1. The molecule has 0 bridgehead atoms. The van der Waals surface area contributed by atoms with Crippen LogP contribution in [0, 0.1) is 0 Å². The third kappa shape index (κ3) is 1.61. The molecule has 5 rings (SSSR count). The van der Waals surface area contributed by atoms with E-state index in [4.69, 9.17) is 4.74 Å². The quantitative estimate of drug-likeness (QED) is 0.788. The lowest BCUT2D eigenvalue weighted by Gasteiger charge is -2.51. The standard InChI is InChI=1S/C19H20N2O3/c1-18-7-6-12(22)10-15(18)21-9-8-19(16(21)11-24-18)13-4-2-3-5-14(13)20-17(19)23/h2-7,15-16H,8-11H2,1H3,(H,20,23)/t15-,16-,18+,19+/m1/s1. The van der Waals surface area contributed by atoms with Crippen molar-refractivity contribution in [1.29, 1.82) is 0 Å². The molecule has 4 aliphatic rings. The fourth-order valence-corrected chi connectivity index (χ4v) is 5.12. The molecule has 0 unspecified atom stereocenters. The number of para-hydroxylation sites is 1. The second-order valence-corrected chi connectivity index (χ2v) is 7.49. The molecule has 5 heteroatoms. The van der Waals surface area contributed by atoms with E-state index in [1.165, 1.54) is 0 Å². The molecule has 1 N–H and O–H groups in total. The first kappa shape index (κ1) is 14.4. The third-order valence-corrected chi connectivity index (χ3v) is 6.40. The average molecular weight is 324 g/mol. The van der Waals surface area contributed by atoms with Crippen molar-refractivity contribution in [3.63, 3.8) is 0 Å². The van der Waals surface area contributed by atoms with Gasteiger partial charge in [0.2, 0.25) is 5.91 Å². The minimum absolute atomic E-state index is 0.00804. The van der Waals surface area contributed by atoms with Crippen LogP contribution >= 0.6 is 0 Å². The van der Waals surface area contributed by atoms with Crippen molar-refractivity contribution in [2.75, 3.05) is 18.5 Å². The number of ether oxygens (including phenoxy) is 1. The fraction of sp³-hybridized carbons (Fsp3) is 0.474. The number of anilines is 1. The van der Waals surface area contributed by atoms with Crippen LogP contribution in [0.1, 0.15) is 25.3 Å². The number of amides is 1. The molecule has 3 aliphatic heterocycles. The summed E-state index contributed by atoms with van der Waals surface area (Å²) in [6.45, 7) is 3.37. The van der Waals surface area contributed by atoms with Gasteiger partial charge in [-0.2, -0.15) is 0 Å². The molecule has 2 saturated heterocycles. The Bertz CT molecular complexity index is 789. The van der Waals surface area contributed by atoms with Crippen molar-refractivity contribution in [2.24, 2.45) is 0 Å². The van der Waals surface area contributed by atoms with E-state index >= 15 is 0 Å². The lowest BCUT2D eigenvalue weighted by atomic mass is 9.73. The van der Waals surface area contributed by atoms with Crippen molar-refractivity contribution in [2.45, 2.75) is 42.9 Å². The van der Waals surface area contributed by atoms with Gasteiger partial charge < -0.3 is 10.1 Å². The number of benzene rings is 1. The number of nitrogens with zero attached hydrogens (tertiary/aromatic N) is 1. The summed E-state index contributed by atoms with van der Waals surface area (Å²) in [5.74, 6) is 0.208. The maximum Gasteiger partial charge on any atom is 0.236 e. The first-order valence-electron chi connectivity index (χ1n) is 8.57. The van der Waals surface area contributed by atoms with Crippen LogP contribution in [0.4, 0.5) is 5.69 Å². The number of ketones is 1. The monoisotopic (exact) mass is 324 g/mol. The van der Waals surface area contributed by atoms with E-state index in [0.29, 0.717) is 13.0 Å². The largest absolute Gasteiger partial charge is 0.368 e. The molecule has 1 amide bonds. The van der Waals surface area contributed by atoms with E-state index in [0.717, 1.165) is 24.2 Å². The van der Waals surface area contributed by atoms with Gasteiger partial charge in [0.25, 0.3) is 0 Å². The smallest absolute Gasteiger partial charge is 0.236 e. The Morgan fingerprint density at radius 2 is 2.08 bits per heavy atom. The molecule has 1 aliphatic carbocycles. The molecule has 0 saturated carbocycles. The van der Waals surface area contributed by atoms with E-state index < -0.39 is 11.0 Å². The number of fused-ring (bicyclic) bond motifs is 6. The normalized spacial score (nSPS) is 40.4. The van der Waals surface area contributed by atoms with Crippen molar-refractivity contribution in [3.05, 3.63) is 42.0 Å². The molecule has 0 aromatic heterocycles. The lowest BCUT2D eigenvalue weighted by Crippen LogP contribution is -2.64. The first-order valence-corrected chi connectivity index (χ1v) is 8.57. The highest BCUT2D eigenvalue weighted by atomic mass is 16.5. The maximum atomic E-state index is 12.9.